The number of hydrogen-bond donors (Lipinski definition) is 1. The molecule has 0 aliphatic heterocycles. The number of halogens is 1. The molecule has 0 saturated heterocycles. The Morgan fingerprint density at radius 1 is 1.33 bits per heavy atom. The molecule has 1 aliphatic rings. The maximum atomic E-state index is 3.56. The van der Waals surface area contributed by atoms with Crippen molar-refractivity contribution in [3.05, 3.63) is 28.7 Å². The molecular weight excluding hydrogens is 270 g/mol. The van der Waals surface area contributed by atoms with Crippen LogP contribution in [0.15, 0.2) is 33.6 Å². The normalized spacial score (nSPS) is 15.5. The van der Waals surface area contributed by atoms with Gasteiger partial charge in [-0.05, 0) is 59.6 Å². The van der Waals surface area contributed by atoms with E-state index in [1.165, 1.54) is 40.9 Å². The first-order valence-corrected chi connectivity index (χ1v) is 7.25. The van der Waals surface area contributed by atoms with Crippen LogP contribution >= 0.6 is 27.7 Å². The smallest absolute Gasteiger partial charge is 0.0311 e. The largest absolute Gasteiger partial charge is 0.314 e. The summed E-state index contributed by atoms with van der Waals surface area (Å²) in [7, 11) is 0. The topological polar surface area (TPSA) is 12.0 Å². The van der Waals surface area contributed by atoms with Crippen molar-refractivity contribution in [2.75, 3.05) is 12.3 Å². The Morgan fingerprint density at radius 3 is 2.87 bits per heavy atom. The van der Waals surface area contributed by atoms with E-state index in [0.29, 0.717) is 0 Å². The van der Waals surface area contributed by atoms with Gasteiger partial charge in [-0.25, -0.2) is 0 Å². The van der Waals surface area contributed by atoms with E-state index in [1.807, 2.05) is 11.8 Å². The average Bonchev–Trinajstić information content (AvgIpc) is 3.04. The summed E-state index contributed by atoms with van der Waals surface area (Å²) in [5.41, 5.74) is 0. The number of rotatable bonds is 6. The molecule has 1 aromatic carbocycles. The minimum Gasteiger partial charge on any atom is -0.314 e. The fraction of sp³-hybridized carbons (Fsp3) is 0.500. The molecule has 0 heterocycles. The van der Waals surface area contributed by atoms with Crippen molar-refractivity contribution in [3.8, 4) is 0 Å². The zero-order chi connectivity index (χ0) is 10.5. The van der Waals surface area contributed by atoms with Crippen molar-refractivity contribution in [3.63, 3.8) is 0 Å². The molecule has 1 aromatic rings. The van der Waals surface area contributed by atoms with Gasteiger partial charge in [-0.1, -0.05) is 12.1 Å². The van der Waals surface area contributed by atoms with Crippen molar-refractivity contribution in [2.24, 2.45) is 0 Å². The van der Waals surface area contributed by atoms with Crippen molar-refractivity contribution in [2.45, 2.75) is 30.2 Å². The molecule has 0 amide bonds. The third kappa shape index (κ3) is 4.17. The molecule has 0 bridgehead atoms. The van der Waals surface area contributed by atoms with Gasteiger partial charge in [-0.15, -0.1) is 11.8 Å². The van der Waals surface area contributed by atoms with E-state index < -0.39 is 0 Å². The SMILES string of the molecule is Brc1ccccc1SCCCNC1CC1. The Kier molecular flexibility index (Phi) is 4.54. The van der Waals surface area contributed by atoms with Crippen LogP contribution in [0.1, 0.15) is 19.3 Å². The molecule has 3 heteroatoms. The maximum Gasteiger partial charge on any atom is 0.0311 e. The van der Waals surface area contributed by atoms with Gasteiger partial charge in [0.1, 0.15) is 0 Å². The van der Waals surface area contributed by atoms with Gasteiger partial charge in [0.15, 0.2) is 0 Å². The summed E-state index contributed by atoms with van der Waals surface area (Å²) in [6.45, 7) is 1.17. The van der Waals surface area contributed by atoms with E-state index in [4.69, 9.17) is 0 Å². The average molecular weight is 286 g/mol. The summed E-state index contributed by atoms with van der Waals surface area (Å²) in [6.07, 6.45) is 4.03. The van der Waals surface area contributed by atoms with Crippen LogP contribution < -0.4 is 5.32 Å². The lowest BCUT2D eigenvalue weighted by Crippen LogP contribution is -2.17. The number of nitrogens with one attached hydrogen (secondary N) is 1. The van der Waals surface area contributed by atoms with Gasteiger partial charge in [0, 0.05) is 15.4 Å². The van der Waals surface area contributed by atoms with Crippen LogP contribution in [0.2, 0.25) is 0 Å². The van der Waals surface area contributed by atoms with Crippen molar-refractivity contribution in [1.29, 1.82) is 0 Å². The first-order valence-electron chi connectivity index (χ1n) is 5.47. The molecule has 0 spiro atoms. The van der Waals surface area contributed by atoms with E-state index in [9.17, 15) is 0 Å². The van der Waals surface area contributed by atoms with Crippen LogP contribution in [-0.4, -0.2) is 18.3 Å². The first kappa shape index (κ1) is 11.5. The van der Waals surface area contributed by atoms with E-state index in [1.54, 1.807) is 0 Å². The van der Waals surface area contributed by atoms with Gasteiger partial charge in [0.05, 0.1) is 0 Å². The molecule has 0 unspecified atom stereocenters. The third-order valence-corrected chi connectivity index (χ3v) is 4.54. The van der Waals surface area contributed by atoms with Crippen LogP contribution in [0, 0.1) is 0 Å². The predicted octanol–water partition coefficient (Wildman–Crippen LogP) is 3.68. The minimum absolute atomic E-state index is 0.846. The molecule has 1 nitrogen and oxygen atoms in total. The van der Waals surface area contributed by atoms with Gasteiger partial charge < -0.3 is 5.32 Å². The highest BCUT2D eigenvalue weighted by Gasteiger charge is 2.19. The predicted molar refractivity (Wildman–Crippen MR) is 70.5 cm³/mol. The fourth-order valence-corrected chi connectivity index (χ4v) is 2.93. The number of thioether (sulfide) groups is 1. The highest BCUT2D eigenvalue weighted by atomic mass is 79.9. The van der Waals surface area contributed by atoms with E-state index in [0.717, 1.165) is 6.04 Å². The summed E-state index contributed by atoms with van der Waals surface area (Å²) >= 11 is 5.49. The maximum absolute atomic E-state index is 3.56. The Morgan fingerprint density at radius 2 is 2.13 bits per heavy atom. The molecule has 82 valence electrons. The number of hydrogen-bond acceptors (Lipinski definition) is 2. The van der Waals surface area contributed by atoms with E-state index in [-0.39, 0.29) is 0 Å². The van der Waals surface area contributed by atoms with Crippen LogP contribution in [0.3, 0.4) is 0 Å². The molecule has 1 N–H and O–H groups in total. The fourth-order valence-electron chi connectivity index (χ4n) is 1.41. The Labute approximate surface area is 104 Å². The van der Waals surface area contributed by atoms with Gasteiger partial charge in [-0.3, -0.25) is 0 Å². The summed E-state index contributed by atoms with van der Waals surface area (Å²) in [5.74, 6) is 1.20. The lowest BCUT2D eigenvalue weighted by molar-refractivity contribution is 0.674. The van der Waals surface area contributed by atoms with Crippen LogP contribution in [0.4, 0.5) is 0 Å². The quantitative estimate of drug-likeness (QED) is 0.632. The monoisotopic (exact) mass is 285 g/mol. The number of benzene rings is 1. The minimum atomic E-state index is 0.846. The van der Waals surface area contributed by atoms with E-state index in [2.05, 4.69) is 45.5 Å². The Bertz CT molecular complexity index is 312. The van der Waals surface area contributed by atoms with Gasteiger partial charge in [0.25, 0.3) is 0 Å². The summed E-state index contributed by atoms with van der Waals surface area (Å²) in [6, 6.07) is 9.27. The van der Waals surface area contributed by atoms with Gasteiger partial charge in [-0.2, -0.15) is 0 Å². The molecule has 0 aromatic heterocycles. The van der Waals surface area contributed by atoms with Crippen LogP contribution in [-0.2, 0) is 0 Å². The Balaban J connectivity index is 1.62. The van der Waals surface area contributed by atoms with Gasteiger partial charge >= 0.3 is 0 Å². The lowest BCUT2D eigenvalue weighted by Gasteiger charge is -2.04. The highest BCUT2D eigenvalue weighted by Crippen LogP contribution is 2.27. The van der Waals surface area contributed by atoms with E-state index >= 15 is 0 Å². The summed E-state index contributed by atoms with van der Waals surface area (Å²) < 4.78 is 1.21. The summed E-state index contributed by atoms with van der Waals surface area (Å²) in [4.78, 5) is 1.35. The molecule has 0 atom stereocenters. The molecule has 1 saturated carbocycles. The second-order valence-electron chi connectivity index (χ2n) is 3.86. The molecular formula is C12H16BrNS. The van der Waals surface area contributed by atoms with Crippen LogP contribution in [0.25, 0.3) is 0 Å². The van der Waals surface area contributed by atoms with Crippen molar-refractivity contribution in [1.82, 2.24) is 5.32 Å². The molecule has 0 radical (unpaired) electrons. The third-order valence-electron chi connectivity index (χ3n) is 2.43. The lowest BCUT2D eigenvalue weighted by atomic mass is 10.4. The summed E-state index contributed by atoms with van der Waals surface area (Å²) in [5, 5.41) is 3.53. The zero-order valence-electron chi connectivity index (χ0n) is 8.71. The standard InChI is InChI=1S/C12H16BrNS/c13-11-4-1-2-5-12(11)15-9-3-8-14-10-6-7-10/h1-2,4-5,10,14H,3,6-9H2. The zero-order valence-corrected chi connectivity index (χ0v) is 11.1. The van der Waals surface area contributed by atoms with Crippen molar-refractivity contribution >= 4 is 27.7 Å². The Hall–Kier alpha value is 0.01000. The highest BCUT2D eigenvalue weighted by molar-refractivity contribution is 9.10. The molecule has 15 heavy (non-hydrogen) atoms. The molecule has 2 rings (SSSR count). The molecule has 1 fully saturated rings. The first-order chi connectivity index (χ1) is 7.36. The second kappa shape index (κ2) is 5.92. The van der Waals surface area contributed by atoms with Crippen molar-refractivity contribution < 1.29 is 0 Å². The van der Waals surface area contributed by atoms with Crippen LogP contribution in [0.5, 0.6) is 0 Å². The second-order valence-corrected chi connectivity index (χ2v) is 5.85. The van der Waals surface area contributed by atoms with Gasteiger partial charge in [0.2, 0.25) is 0 Å². The molecule has 1 aliphatic carbocycles.